The molecule has 0 aromatic carbocycles. The van der Waals surface area contributed by atoms with Crippen LogP contribution in [0.2, 0.25) is 0 Å². The van der Waals surface area contributed by atoms with Crippen LogP contribution in [0, 0.1) is 0 Å². The number of hydrogen-bond donors (Lipinski definition) is 2. The number of aromatic amines is 1. The van der Waals surface area contributed by atoms with E-state index in [1.54, 1.807) is 17.5 Å². The molecule has 0 aliphatic rings. The van der Waals surface area contributed by atoms with Gasteiger partial charge in [-0.15, -0.1) is 11.3 Å². The maximum atomic E-state index is 3.88. The van der Waals surface area contributed by atoms with Crippen LogP contribution in [-0.4, -0.2) is 10.2 Å². The van der Waals surface area contributed by atoms with Crippen molar-refractivity contribution >= 4 is 33.0 Å². The van der Waals surface area contributed by atoms with Crippen LogP contribution in [0.15, 0.2) is 28.3 Å². The molecule has 5 heteroatoms. The molecule has 0 aliphatic carbocycles. The fraction of sp³-hybridized carbons (Fsp3) is 0.222. The highest BCUT2D eigenvalue weighted by molar-refractivity contribution is 9.10. The van der Waals surface area contributed by atoms with E-state index in [-0.39, 0.29) is 0 Å². The minimum absolute atomic E-state index is 0.309. The average Bonchev–Trinajstić information content (AvgIpc) is 2.75. The number of nitrogens with one attached hydrogen (secondary N) is 2. The zero-order valence-corrected chi connectivity index (χ0v) is 10.0. The lowest BCUT2D eigenvalue weighted by atomic mass is 10.3. The first-order valence-electron chi connectivity index (χ1n) is 4.25. The number of aromatic nitrogens is 2. The molecule has 14 heavy (non-hydrogen) atoms. The van der Waals surface area contributed by atoms with Gasteiger partial charge in [-0.05, 0) is 28.9 Å². The zero-order valence-electron chi connectivity index (χ0n) is 7.62. The van der Waals surface area contributed by atoms with Gasteiger partial charge in [0.05, 0.1) is 17.9 Å². The van der Waals surface area contributed by atoms with Gasteiger partial charge in [0.1, 0.15) is 0 Å². The summed E-state index contributed by atoms with van der Waals surface area (Å²) in [5.41, 5.74) is 1.02. The molecule has 0 fully saturated rings. The summed E-state index contributed by atoms with van der Waals surface area (Å²) in [4.78, 5) is 1.30. The molecule has 74 valence electrons. The first-order valence-corrected chi connectivity index (χ1v) is 5.92. The van der Waals surface area contributed by atoms with Crippen molar-refractivity contribution < 1.29 is 0 Å². The molecule has 0 bridgehead atoms. The molecule has 2 aromatic heterocycles. The number of H-pyrrole nitrogens is 1. The lowest BCUT2D eigenvalue weighted by molar-refractivity contribution is 0.908. The van der Waals surface area contributed by atoms with Gasteiger partial charge in [-0.3, -0.25) is 5.10 Å². The maximum absolute atomic E-state index is 3.88. The minimum atomic E-state index is 0.309. The maximum Gasteiger partial charge on any atom is 0.0728 e. The summed E-state index contributed by atoms with van der Waals surface area (Å²) in [6, 6.07) is 2.44. The van der Waals surface area contributed by atoms with Crippen molar-refractivity contribution in [3.05, 3.63) is 33.2 Å². The van der Waals surface area contributed by atoms with E-state index in [1.165, 1.54) is 4.88 Å². The number of hydrogen-bond acceptors (Lipinski definition) is 3. The third kappa shape index (κ3) is 2.16. The summed E-state index contributed by atoms with van der Waals surface area (Å²) < 4.78 is 1.14. The Labute approximate surface area is 94.7 Å². The molecule has 2 N–H and O–H groups in total. The number of nitrogens with zero attached hydrogens (tertiary/aromatic N) is 1. The van der Waals surface area contributed by atoms with Crippen LogP contribution in [-0.2, 0) is 0 Å². The normalized spacial score (nSPS) is 12.7. The Balaban J connectivity index is 2.06. The van der Waals surface area contributed by atoms with E-state index < -0.39 is 0 Å². The van der Waals surface area contributed by atoms with E-state index in [0.29, 0.717) is 6.04 Å². The van der Waals surface area contributed by atoms with Crippen LogP contribution in [0.25, 0.3) is 0 Å². The zero-order chi connectivity index (χ0) is 9.97. The molecule has 0 spiro atoms. The Morgan fingerprint density at radius 2 is 2.50 bits per heavy atom. The lowest BCUT2D eigenvalue weighted by Crippen LogP contribution is -2.03. The van der Waals surface area contributed by atoms with Crippen molar-refractivity contribution in [3.63, 3.8) is 0 Å². The van der Waals surface area contributed by atoms with Crippen molar-refractivity contribution in [2.24, 2.45) is 0 Å². The van der Waals surface area contributed by atoms with Crippen molar-refractivity contribution in [3.8, 4) is 0 Å². The van der Waals surface area contributed by atoms with Gasteiger partial charge in [0.15, 0.2) is 0 Å². The largest absolute Gasteiger partial charge is 0.375 e. The van der Waals surface area contributed by atoms with Gasteiger partial charge < -0.3 is 5.32 Å². The Morgan fingerprint density at radius 1 is 1.64 bits per heavy atom. The van der Waals surface area contributed by atoms with Crippen molar-refractivity contribution in [1.29, 1.82) is 0 Å². The van der Waals surface area contributed by atoms with Crippen molar-refractivity contribution in [2.45, 2.75) is 13.0 Å². The van der Waals surface area contributed by atoms with Gasteiger partial charge in [0, 0.05) is 20.9 Å². The van der Waals surface area contributed by atoms with Crippen LogP contribution >= 0.6 is 27.3 Å². The first-order chi connectivity index (χ1) is 6.75. The topological polar surface area (TPSA) is 40.7 Å². The molecular weight excluding hydrogens is 262 g/mol. The minimum Gasteiger partial charge on any atom is -0.375 e. The fourth-order valence-electron chi connectivity index (χ4n) is 1.21. The van der Waals surface area contributed by atoms with Gasteiger partial charge >= 0.3 is 0 Å². The SMILES string of the molecule is CC(Nc1cn[nH]c1)c1cc(Br)cs1. The van der Waals surface area contributed by atoms with Crippen molar-refractivity contribution in [2.75, 3.05) is 5.32 Å². The van der Waals surface area contributed by atoms with Gasteiger partial charge in [-0.1, -0.05) is 0 Å². The predicted octanol–water partition coefficient (Wildman–Crippen LogP) is 3.41. The molecular formula is C9H10BrN3S. The summed E-state index contributed by atoms with van der Waals surface area (Å²) in [5, 5.41) is 12.1. The lowest BCUT2D eigenvalue weighted by Gasteiger charge is -2.10. The Kier molecular flexibility index (Phi) is 2.88. The Bertz CT molecular complexity index is 396. The van der Waals surface area contributed by atoms with Gasteiger partial charge in [0.2, 0.25) is 0 Å². The third-order valence-corrected chi connectivity index (χ3v) is 3.77. The molecule has 0 aliphatic heterocycles. The van der Waals surface area contributed by atoms with E-state index in [2.05, 4.69) is 49.8 Å². The van der Waals surface area contributed by atoms with Crippen molar-refractivity contribution in [1.82, 2.24) is 10.2 Å². The van der Waals surface area contributed by atoms with Crippen LogP contribution in [0.5, 0.6) is 0 Å². The molecule has 1 unspecified atom stereocenters. The Morgan fingerprint density at radius 3 is 3.07 bits per heavy atom. The second kappa shape index (κ2) is 4.14. The molecule has 0 saturated carbocycles. The smallest absolute Gasteiger partial charge is 0.0728 e. The predicted molar refractivity (Wildman–Crippen MR) is 62.6 cm³/mol. The van der Waals surface area contributed by atoms with Gasteiger partial charge in [-0.25, -0.2) is 0 Å². The highest BCUT2D eigenvalue weighted by Crippen LogP contribution is 2.27. The Hall–Kier alpha value is -0.810. The van der Waals surface area contributed by atoms with E-state index >= 15 is 0 Å². The number of anilines is 1. The highest BCUT2D eigenvalue weighted by atomic mass is 79.9. The van der Waals surface area contributed by atoms with E-state index in [0.717, 1.165) is 10.2 Å². The summed E-state index contributed by atoms with van der Waals surface area (Å²) in [7, 11) is 0. The number of thiophene rings is 1. The van der Waals surface area contributed by atoms with Gasteiger partial charge in [0.25, 0.3) is 0 Å². The van der Waals surface area contributed by atoms with Gasteiger partial charge in [-0.2, -0.15) is 5.10 Å². The monoisotopic (exact) mass is 271 g/mol. The fourth-order valence-corrected chi connectivity index (χ4v) is 2.66. The van der Waals surface area contributed by atoms with Crippen LogP contribution in [0.3, 0.4) is 0 Å². The summed E-state index contributed by atoms with van der Waals surface area (Å²) >= 11 is 5.18. The van der Waals surface area contributed by atoms with Crippen LogP contribution in [0.4, 0.5) is 5.69 Å². The number of halogens is 1. The molecule has 0 radical (unpaired) electrons. The third-order valence-electron chi connectivity index (χ3n) is 1.90. The molecule has 2 aromatic rings. The average molecular weight is 272 g/mol. The molecule has 2 heterocycles. The molecule has 0 amide bonds. The van der Waals surface area contributed by atoms with E-state index in [4.69, 9.17) is 0 Å². The summed E-state index contributed by atoms with van der Waals surface area (Å²) in [6.07, 6.45) is 3.62. The molecule has 3 nitrogen and oxygen atoms in total. The second-order valence-corrected chi connectivity index (χ2v) is 4.88. The first kappa shape index (κ1) is 9.73. The van der Waals surface area contributed by atoms with Crippen LogP contribution < -0.4 is 5.32 Å². The summed E-state index contributed by atoms with van der Waals surface area (Å²) in [5.74, 6) is 0. The highest BCUT2D eigenvalue weighted by Gasteiger charge is 2.07. The second-order valence-electron chi connectivity index (χ2n) is 3.02. The molecule has 2 rings (SSSR count). The molecule has 1 atom stereocenters. The molecule has 0 saturated heterocycles. The quantitative estimate of drug-likeness (QED) is 0.899. The number of rotatable bonds is 3. The standard InChI is InChI=1S/C9H10BrN3S/c1-6(9-2-7(10)5-14-9)13-8-3-11-12-4-8/h2-6,13H,1H3,(H,11,12). The van der Waals surface area contributed by atoms with E-state index in [9.17, 15) is 0 Å². The van der Waals surface area contributed by atoms with E-state index in [1.807, 2.05) is 6.20 Å². The van der Waals surface area contributed by atoms with Crippen LogP contribution in [0.1, 0.15) is 17.8 Å². The summed E-state index contributed by atoms with van der Waals surface area (Å²) in [6.45, 7) is 2.13.